The SMILES string of the molecule is O=C(NC1CC1)N[C@@H](Cc1ccc(O)c(O)c1)C(=O)O. The molecule has 0 bridgehead atoms. The van der Waals surface area contributed by atoms with Crippen LogP contribution in [0.4, 0.5) is 4.79 Å². The molecule has 0 aromatic heterocycles. The number of nitrogens with one attached hydrogen (secondary N) is 2. The zero-order valence-corrected chi connectivity index (χ0v) is 10.7. The van der Waals surface area contributed by atoms with E-state index in [-0.39, 0.29) is 24.0 Å². The summed E-state index contributed by atoms with van der Waals surface area (Å²) >= 11 is 0. The number of hydrogen-bond donors (Lipinski definition) is 5. The van der Waals surface area contributed by atoms with Crippen molar-refractivity contribution in [3.63, 3.8) is 0 Å². The first-order valence-corrected chi connectivity index (χ1v) is 6.26. The lowest BCUT2D eigenvalue weighted by atomic mass is 10.1. The number of aromatic hydroxyl groups is 2. The van der Waals surface area contributed by atoms with E-state index in [1.165, 1.54) is 18.2 Å². The summed E-state index contributed by atoms with van der Waals surface area (Å²) in [6.45, 7) is 0. The fraction of sp³-hybridized carbons (Fsp3) is 0.385. The van der Waals surface area contributed by atoms with Gasteiger partial charge < -0.3 is 26.0 Å². The van der Waals surface area contributed by atoms with E-state index in [1.807, 2.05) is 0 Å². The van der Waals surface area contributed by atoms with Crippen LogP contribution in [0, 0.1) is 0 Å². The summed E-state index contributed by atoms with van der Waals surface area (Å²) in [6, 6.07) is 2.56. The summed E-state index contributed by atoms with van der Waals surface area (Å²) in [6.07, 6.45) is 1.84. The lowest BCUT2D eigenvalue weighted by Crippen LogP contribution is -2.47. The normalized spacial score (nSPS) is 15.4. The van der Waals surface area contributed by atoms with E-state index in [0.29, 0.717) is 5.56 Å². The van der Waals surface area contributed by atoms with E-state index >= 15 is 0 Å². The molecule has 1 aromatic carbocycles. The molecule has 2 rings (SSSR count). The first kappa shape index (κ1) is 14.0. The number of carboxylic acids is 1. The average molecular weight is 280 g/mol. The number of phenols is 2. The van der Waals surface area contributed by atoms with Gasteiger partial charge in [-0.15, -0.1) is 0 Å². The molecule has 5 N–H and O–H groups in total. The number of aliphatic carboxylic acids is 1. The van der Waals surface area contributed by atoms with Gasteiger partial charge in [-0.1, -0.05) is 6.07 Å². The maximum atomic E-state index is 11.5. The summed E-state index contributed by atoms with van der Waals surface area (Å²) in [5.74, 6) is -1.77. The Morgan fingerprint density at radius 2 is 1.95 bits per heavy atom. The number of rotatable bonds is 5. The Kier molecular flexibility index (Phi) is 3.97. The van der Waals surface area contributed by atoms with Crippen molar-refractivity contribution >= 4 is 12.0 Å². The molecule has 0 saturated heterocycles. The van der Waals surface area contributed by atoms with Gasteiger partial charge in [0.25, 0.3) is 0 Å². The standard InChI is InChI=1S/C13H16N2O5/c16-10-4-1-7(6-11(10)17)5-9(12(18)19)15-13(20)14-8-2-3-8/h1,4,6,8-9,16-17H,2-3,5H2,(H,18,19)(H2,14,15,20)/t9-/m0/s1. The summed E-state index contributed by atoms with van der Waals surface area (Å²) < 4.78 is 0. The van der Waals surface area contributed by atoms with Crippen molar-refractivity contribution in [3.8, 4) is 11.5 Å². The van der Waals surface area contributed by atoms with Gasteiger partial charge in [-0.3, -0.25) is 0 Å². The van der Waals surface area contributed by atoms with E-state index in [2.05, 4.69) is 10.6 Å². The molecule has 7 heteroatoms. The van der Waals surface area contributed by atoms with Gasteiger partial charge in [0.2, 0.25) is 0 Å². The van der Waals surface area contributed by atoms with Crippen LogP contribution in [0.15, 0.2) is 18.2 Å². The lowest BCUT2D eigenvalue weighted by Gasteiger charge is -2.15. The van der Waals surface area contributed by atoms with Crippen molar-refractivity contribution in [2.45, 2.75) is 31.3 Å². The molecule has 108 valence electrons. The quantitative estimate of drug-likeness (QED) is 0.505. The van der Waals surface area contributed by atoms with E-state index < -0.39 is 18.0 Å². The lowest BCUT2D eigenvalue weighted by molar-refractivity contribution is -0.139. The van der Waals surface area contributed by atoms with E-state index in [0.717, 1.165) is 12.8 Å². The average Bonchev–Trinajstić information content (AvgIpc) is 3.16. The summed E-state index contributed by atoms with van der Waals surface area (Å²) in [5, 5.41) is 32.7. The molecule has 20 heavy (non-hydrogen) atoms. The Morgan fingerprint density at radius 3 is 2.50 bits per heavy atom. The first-order chi connectivity index (χ1) is 9.45. The Labute approximate surface area is 115 Å². The second kappa shape index (κ2) is 5.68. The highest BCUT2D eigenvalue weighted by Crippen LogP contribution is 2.25. The summed E-state index contributed by atoms with van der Waals surface area (Å²) in [7, 11) is 0. The van der Waals surface area contributed by atoms with Gasteiger partial charge in [-0.2, -0.15) is 0 Å². The highest BCUT2D eigenvalue weighted by Gasteiger charge is 2.26. The molecule has 1 atom stereocenters. The van der Waals surface area contributed by atoms with Crippen LogP contribution in [-0.4, -0.2) is 39.4 Å². The molecule has 2 amide bonds. The number of urea groups is 1. The number of carbonyl (C=O) groups is 2. The van der Waals surface area contributed by atoms with Crippen LogP contribution in [-0.2, 0) is 11.2 Å². The van der Waals surface area contributed by atoms with Gasteiger partial charge in [0.1, 0.15) is 6.04 Å². The van der Waals surface area contributed by atoms with Gasteiger partial charge in [0, 0.05) is 12.5 Å². The number of amides is 2. The molecule has 1 saturated carbocycles. The molecule has 0 heterocycles. The van der Waals surface area contributed by atoms with Crippen molar-refractivity contribution in [3.05, 3.63) is 23.8 Å². The topological polar surface area (TPSA) is 119 Å². The second-order valence-corrected chi connectivity index (χ2v) is 4.81. The fourth-order valence-electron chi connectivity index (χ4n) is 1.74. The van der Waals surface area contributed by atoms with Gasteiger partial charge >= 0.3 is 12.0 Å². The molecular formula is C13H16N2O5. The van der Waals surface area contributed by atoms with Crippen molar-refractivity contribution in [1.82, 2.24) is 10.6 Å². The molecule has 0 radical (unpaired) electrons. The zero-order chi connectivity index (χ0) is 14.7. The van der Waals surface area contributed by atoms with Crippen LogP contribution >= 0.6 is 0 Å². The van der Waals surface area contributed by atoms with Gasteiger partial charge in [-0.05, 0) is 30.5 Å². The van der Waals surface area contributed by atoms with Crippen LogP contribution in [0.3, 0.4) is 0 Å². The van der Waals surface area contributed by atoms with Crippen LogP contribution in [0.2, 0.25) is 0 Å². The zero-order valence-electron chi connectivity index (χ0n) is 10.7. The fourth-order valence-corrected chi connectivity index (χ4v) is 1.74. The summed E-state index contributed by atoms with van der Waals surface area (Å²) in [4.78, 5) is 22.7. The Morgan fingerprint density at radius 1 is 1.25 bits per heavy atom. The molecule has 7 nitrogen and oxygen atoms in total. The van der Waals surface area contributed by atoms with Gasteiger partial charge in [0.15, 0.2) is 11.5 Å². The highest BCUT2D eigenvalue weighted by molar-refractivity contribution is 5.83. The number of carboxylic acid groups (broad SMARTS) is 1. The van der Waals surface area contributed by atoms with Crippen LogP contribution in [0.1, 0.15) is 18.4 Å². The van der Waals surface area contributed by atoms with Crippen LogP contribution in [0.5, 0.6) is 11.5 Å². The van der Waals surface area contributed by atoms with E-state index in [1.54, 1.807) is 0 Å². The molecular weight excluding hydrogens is 264 g/mol. The monoisotopic (exact) mass is 280 g/mol. The number of carbonyl (C=O) groups excluding carboxylic acids is 1. The first-order valence-electron chi connectivity index (χ1n) is 6.26. The predicted octanol–water partition coefficient (Wildman–Crippen LogP) is 0.555. The number of benzene rings is 1. The second-order valence-electron chi connectivity index (χ2n) is 4.81. The van der Waals surface area contributed by atoms with E-state index in [4.69, 9.17) is 5.11 Å². The molecule has 1 aliphatic rings. The molecule has 0 unspecified atom stereocenters. The molecule has 1 fully saturated rings. The number of phenolic OH excluding ortho intramolecular Hbond substituents is 2. The minimum absolute atomic E-state index is 0.0151. The predicted molar refractivity (Wildman–Crippen MR) is 69.6 cm³/mol. The molecule has 1 aliphatic carbocycles. The largest absolute Gasteiger partial charge is 0.504 e. The van der Waals surface area contributed by atoms with Crippen molar-refractivity contribution < 1.29 is 24.9 Å². The van der Waals surface area contributed by atoms with Crippen molar-refractivity contribution in [2.24, 2.45) is 0 Å². The Hall–Kier alpha value is -2.44. The third kappa shape index (κ3) is 3.78. The van der Waals surface area contributed by atoms with Crippen LogP contribution < -0.4 is 10.6 Å². The minimum Gasteiger partial charge on any atom is -0.504 e. The maximum Gasteiger partial charge on any atom is 0.326 e. The number of hydrogen-bond acceptors (Lipinski definition) is 4. The van der Waals surface area contributed by atoms with Crippen molar-refractivity contribution in [2.75, 3.05) is 0 Å². The molecule has 1 aromatic rings. The Bertz CT molecular complexity index is 527. The van der Waals surface area contributed by atoms with E-state index in [9.17, 15) is 19.8 Å². The third-order valence-electron chi connectivity index (χ3n) is 3.00. The maximum absolute atomic E-state index is 11.5. The smallest absolute Gasteiger partial charge is 0.326 e. The highest BCUT2D eigenvalue weighted by atomic mass is 16.4. The minimum atomic E-state index is -1.16. The summed E-state index contributed by atoms with van der Waals surface area (Å²) in [5.41, 5.74) is 0.499. The van der Waals surface area contributed by atoms with Gasteiger partial charge in [-0.25, -0.2) is 9.59 Å². The van der Waals surface area contributed by atoms with Gasteiger partial charge in [0.05, 0.1) is 0 Å². The third-order valence-corrected chi connectivity index (χ3v) is 3.00. The molecule has 0 spiro atoms. The van der Waals surface area contributed by atoms with Crippen molar-refractivity contribution in [1.29, 1.82) is 0 Å². The molecule has 0 aliphatic heterocycles. The Balaban J connectivity index is 1.98. The van der Waals surface area contributed by atoms with Crippen LogP contribution in [0.25, 0.3) is 0 Å².